The average molecular weight is 396 g/mol. The van der Waals surface area contributed by atoms with E-state index in [0.29, 0.717) is 0 Å². The molecule has 138 valence electrons. The summed E-state index contributed by atoms with van der Waals surface area (Å²) >= 11 is 3.45. The maximum atomic E-state index is 5.22. The molecule has 0 spiro atoms. The highest BCUT2D eigenvalue weighted by molar-refractivity contribution is 7.18. The SMILES string of the molecule is COc1ccc(-c2nc(CN(C)C(C)c3nc4ccccc4s3)cs2)cc1. The third-order valence-corrected chi connectivity index (χ3v) is 6.78. The van der Waals surface area contributed by atoms with Gasteiger partial charge in [-0.15, -0.1) is 22.7 Å². The van der Waals surface area contributed by atoms with Crippen LogP contribution in [0.5, 0.6) is 5.75 Å². The molecule has 1 unspecified atom stereocenters. The minimum atomic E-state index is 0.244. The van der Waals surface area contributed by atoms with Crippen LogP contribution in [0.2, 0.25) is 0 Å². The molecule has 2 aromatic heterocycles. The van der Waals surface area contributed by atoms with E-state index in [9.17, 15) is 0 Å². The number of para-hydroxylation sites is 1. The number of hydrogen-bond donors (Lipinski definition) is 0. The summed E-state index contributed by atoms with van der Waals surface area (Å²) in [5.41, 5.74) is 3.28. The van der Waals surface area contributed by atoms with Crippen LogP contribution in [0.3, 0.4) is 0 Å². The van der Waals surface area contributed by atoms with E-state index < -0.39 is 0 Å². The van der Waals surface area contributed by atoms with Gasteiger partial charge in [-0.1, -0.05) is 12.1 Å². The highest BCUT2D eigenvalue weighted by Gasteiger charge is 2.17. The first kappa shape index (κ1) is 18.1. The summed E-state index contributed by atoms with van der Waals surface area (Å²) in [5.74, 6) is 0.861. The smallest absolute Gasteiger partial charge is 0.123 e. The number of rotatable bonds is 6. The zero-order valence-electron chi connectivity index (χ0n) is 15.5. The molecule has 0 saturated heterocycles. The lowest BCUT2D eigenvalue weighted by Gasteiger charge is -2.21. The zero-order chi connectivity index (χ0) is 18.8. The fourth-order valence-corrected chi connectivity index (χ4v) is 4.80. The summed E-state index contributed by atoms with van der Waals surface area (Å²) in [5, 5.41) is 4.32. The molecule has 27 heavy (non-hydrogen) atoms. The van der Waals surface area contributed by atoms with E-state index in [0.717, 1.165) is 39.1 Å². The van der Waals surface area contributed by atoms with Crippen LogP contribution in [-0.4, -0.2) is 29.0 Å². The molecule has 2 aromatic carbocycles. The second-order valence-corrected chi connectivity index (χ2v) is 8.40. The molecule has 0 saturated carbocycles. The van der Waals surface area contributed by atoms with Crippen LogP contribution in [0.25, 0.3) is 20.8 Å². The predicted octanol–water partition coefficient (Wildman–Crippen LogP) is 5.62. The van der Waals surface area contributed by atoms with Crippen molar-refractivity contribution in [2.75, 3.05) is 14.2 Å². The number of methoxy groups -OCH3 is 1. The second-order valence-electron chi connectivity index (χ2n) is 6.48. The number of hydrogen-bond acceptors (Lipinski definition) is 6. The molecule has 0 radical (unpaired) electrons. The normalized spacial score (nSPS) is 12.6. The molecule has 0 aliphatic carbocycles. The van der Waals surface area contributed by atoms with Gasteiger partial charge in [-0.3, -0.25) is 4.90 Å². The average Bonchev–Trinajstić information content (AvgIpc) is 3.34. The van der Waals surface area contributed by atoms with Gasteiger partial charge in [0, 0.05) is 17.5 Å². The lowest BCUT2D eigenvalue weighted by atomic mass is 10.2. The van der Waals surface area contributed by atoms with Gasteiger partial charge in [0.05, 0.1) is 29.1 Å². The van der Waals surface area contributed by atoms with Crippen molar-refractivity contribution >= 4 is 32.9 Å². The molecule has 4 nitrogen and oxygen atoms in total. The van der Waals surface area contributed by atoms with Crippen molar-refractivity contribution in [3.05, 3.63) is 64.6 Å². The molecule has 1 atom stereocenters. The van der Waals surface area contributed by atoms with Gasteiger partial charge in [0.25, 0.3) is 0 Å². The summed E-state index contributed by atoms with van der Waals surface area (Å²) in [6.45, 7) is 3.00. The standard InChI is InChI=1S/C21H21N3OS2/c1-14(20-23-18-6-4-5-7-19(18)27-20)24(2)12-16-13-26-21(22-16)15-8-10-17(25-3)11-9-15/h4-11,13-14H,12H2,1-3H3. The first-order valence-corrected chi connectivity index (χ1v) is 10.5. The van der Waals surface area contributed by atoms with Crippen molar-refractivity contribution in [1.82, 2.24) is 14.9 Å². The summed E-state index contributed by atoms with van der Waals surface area (Å²) in [6.07, 6.45) is 0. The quantitative estimate of drug-likeness (QED) is 0.425. The van der Waals surface area contributed by atoms with Gasteiger partial charge < -0.3 is 4.74 Å². The van der Waals surface area contributed by atoms with Crippen molar-refractivity contribution in [2.45, 2.75) is 19.5 Å². The monoisotopic (exact) mass is 395 g/mol. The molecule has 4 rings (SSSR count). The van der Waals surface area contributed by atoms with Gasteiger partial charge in [-0.25, -0.2) is 9.97 Å². The number of benzene rings is 2. The minimum absolute atomic E-state index is 0.244. The fourth-order valence-electron chi connectivity index (χ4n) is 2.90. The topological polar surface area (TPSA) is 38.2 Å². The van der Waals surface area contributed by atoms with Gasteiger partial charge in [-0.05, 0) is 50.4 Å². The van der Waals surface area contributed by atoms with E-state index in [-0.39, 0.29) is 6.04 Å². The van der Waals surface area contributed by atoms with Crippen LogP contribution >= 0.6 is 22.7 Å². The van der Waals surface area contributed by atoms with Crippen molar-refractivity contribution in [1.29, 1.82) is 0 Å². The zero-order valence-corrected chi connectivity index (χ0v) is 17.2. The molecule has 0 fully saturated rings. The number of fused-ring (bicyclic) bond motifs is 1. The van der Waals surface area contributed by atoms with Gasteiger partial charge >= 0.3 is 0 Å². The van der Waals surface area contributed by atoms with Crippen molar-refractivity contribution in [3.8, 4) is 16.3 Å². The van der Waals surface area contributed by atoms with E-state index in [1.807, 2.05) is 18.2 Å². The molecular weight excluding hydrogens is 374 g/mol. The molecule has 0 bridgehead atoms. The molecule has 0 N–H and O–H groups in total. The second kappa shape index (κ2) is 7.76. The van der Waals surface area contributed by atoms with E-state index in [1.165, 1.54) is 4.70 Å². The van der Waals surface area contributed by atoms with Gasteiger partial charge in [0.1, 0.15) is 15.8 Å². The Morgan fingerprint density at radius 1 is 1.07 bits per heavy atom. The third-order valence-electron chi connectivity index (χ3n) is 4.63. The van der Waals surface area contributed by atoms with Crippen molar-refractivity contribution < 1.29 is 4.74 Å². The Morgan fingerprint density at radius 3 is 2.59 bits per heavy atom. The number of nitrogens with zero attached hydrogens (tertiary/aromatic N) is 3. The minimum Gasteiger partial charge on any atom is -0.497 e. The number of ether oxygens (including phenoxy) is 1. The molecule has 0 aliphatic heterocycles. The number of thiazole rings is 2. The van der Waals surface area contributed by atoms with Gasteiger partial charge in [-0.2, -0.15) is 0 Å². The summed E-state index contributed by atoms with van der Waals surface area (Å²) < 4.78 is 6.46. The van der Waals surface area contributed by atoms with E-state index in [1.54, 1.807) is 29.8 Å². The molecule has 0 aliphatic rings. The first-order chi connectivity index (χ1) is 13.1. The largest absolute Gasteiger partial charge is 0.497 e. The Bertz CT molecular complexity index is 1010. The summed E-state index contributed by atoms with van der Waals surface area (Å²) in [6, 6.07) is 16.6. The van der Waals surface area contributed by atoms with Crippen LogP contribution in [0.4, 0.5) is 0 Å². The van der Waals surface area contributed by atoms with Crippen molar-refractivity contribution in [2.24, 2.45) is 0 Å². The maximum Gasteiger partial charge on any atom is 0.123 e. The first-order valence-electron chi connectivity index (χ1n) is 8.78. The van der Waals surface area contributed by atoms with E-state index >= 15 is 0 Å². The summed E-state index contributed by atoms with van der Waals surface area (Å²) in [4.78, 5) is 11.9. The Hall–Kier alpha value is -2.28. The van der Waals surface area contributed by atoms with E-state index in [4.69, 9.17) is 14.7 Å². The Labute approximate surface area is 167 Å². The van der Waals surface area contributed by atoms with Crippen LogP contribution in [0, 0.1) is 0 Å². The van der Waals surface area contributed by atoms with Crippen LogP contribution < -0.4 is 4.74 Å². The molecule has 2 heterocycles. The molecule has 6 heteroatoms. The highest BCUT2D eigenvalue weighted by atomic mass is 32.1. The van der Waals surface area contributed by atoms with Gasteiger partial charge in [0.15, 0.2) is 0 Å². The maximum absolute atomic E-state index is 5.22. The fraction of sp³-hybridized carbons (Fsp3) is 0.238. The molecule has 4 aromatic rings. The van der Waals surface area contributed by atoms with Crippen LogP contribution in [0.15, 0.2) is 53.9 Å². The van der Waals surface area contributed by atoms with Gasteiger partial charge in [0.2, 0.25) is 0 Å². The van der Waals surface area contributed by atoms with Crippen LogP contribution in [0.1, 0.15) is 23.7 Å². The van der Waals surface area contributed by atoms with E-state index in [2.05, 4.69) is 54.6 Å². The summed E-state index contributed by atoms with van der Waals surface area (Å²) in [7, 11) is 3.81. The lowest BCUT2D eigenvalue weighted by molar-refractivity contribution is 0.250. The Kier molecular flexibility index (Phi) is 5.20. The lowest BCUT2D eigenvalue weighted by Crippen LogP contribution is -2.21. The highest BCUT2D eigenvalue weighted by Crippen LogP contribution is 2.30. The number of aromatic nitrogens is 2. The molecule has 0 amide bonds. The molecular formula is C21H21N3OS2. The van der Waals surface area contributed by atoms with Crippen molar-refractivity contribution in [3.63, 3.8) is 0 Å². The van der Waals surface area contributed by atoms with Crippen LogP contribution in [-0.2, 0) is 6.54 Å². The Morgan fingerprint density at radius 2 is 1.85 bits per heavy atom. The third kappa shape index (κ3) is 3.88. The Balaban J connectivity index is 1.47. The predicted molar refractivity (Wildman–Crippen MR) is 114 cm³/mol.